The fourth-order valence-electron chi connectivity index (χ4n) is 3.70. The monoisotopic (exact) mass is 436 g/mol. The van der Waals surface area contributed by atoms with Crippen molar-refractivity contribution in [3.05, 3.63) is 51.8 Å². The minimum Gasteiger partial charge on any atom is -0.353 e. The van der Waals surface area contributed by atoms with Crippen LogP contribution in [0.5, 0.6) is 0 Å². The van der Waals surface area contributed by atoms with Gasteiger partial charge in [0.05, 0.1) is 4.90 Å². The van der Waals surface area contributed by atoms with Gasteiger partial charge in [-0.15, -0.1) is 0 Å². The fraction of sp³-hybridized carbons (Fsp3) is 0.421. The maximum Gasteiger partial charge on any atom is 0.264 e. The molecule has 2 aliphatic rings. The number of piperidine rings is 1. The highest BCUT2D eigenvalue weighted by molar-refractivity contribution is 7.94. The molecule has 154 valence electrons. The molecular weight excluding hydrogens is 416 g/mol. The minimum absolute atomic E-state index is 0.109. The molecule has 1 atom stereocenters. The Balaban J connectivity index is 1.47. The van der Waals surface area contributed by atoms with Gasteiger partial charge in [-0.25, -0.2) is 13.5 Å². The molecule has 2 N–H and O–H groups in total. The average molecular weight is 437 g/mol. The number of rotatable bonds is 5. The number of halogens is 1. The lowest BCUT2D eigenvalue weighted by atomic mass is 10.1. The first-order valence-electron chi connectivity index (χ1n) is 9.44. The van der Waals surface area contributed by atoms with Crippen LogP contribution in [0.3, 0.4) is 0 Å². The Kier molecular flexibility index (Phi) is 5.12. The Morgan fingerprint density at radius 2 is 1.93 bits per heavy atom. The molecule has 8 nitrogen and oxygen atoms in total. The van der Waals surface area contributed by atoms with E-state index in [0.29, 0.717) is 30.2 Å². The van der Waals surface area contributed by atoms with Gasteiger partial charge in [0.25, 0.3) is 5.56 Å². The lowest BCUT2D eigenvalue weighted by molar-refractivity contribution is -0.122. The third-order valence-corrected chi connectivity index (χ3v) is 8.27. The van der Waals surface area contributed by atoms with Crippen molar-refractivity contribution in [2.45, 2.75) is 41.4 Å². The lowest BCUT2D eigenvalue weighted by Gasteiger charge is -2.34. The van der Waals surface area contributed by atoms with Crippen molar-refractivity contribution < 1.29 is 13.2 Å². The predicted molar refractivity (Wildman–Crippen MR) is 109 cm³/mol. The predicted octanol–water partition coefficient (Wildman–Crippen LogP) is 1.51. The van der Waals surface area contributed by atoms with Gasteiger partial charge in [-0.3, -0.25) is 9.59 Å². The highest BCUT2D eigenvalue weighted by Crippen LogP contribution is 2.47. The number of hydrogen-bond donors (Lipinski definition) is 2. The summed E-state index contributed by atoms with van der Waals surface area (Å²) in [6.07, 6.45) is 2.19. The van der Waals surface area contributed by atoms with Crippen molar-refractivity contribution in [3.8, 4) is 0 Å². The molecular formula is C19H21ClN4O4S. The second-order valence-corrected chi connectivity index (χ2v) is 10.2. The Morgan fingerprint density at radius 1 is 1.21 bits per heavy atom. The molecule has 29 heavy (non-hydrogen) atoms. The summed E-state index contributed by atoms with van der Waals surface area (Å²) < 4.78 is 24.7. The van der Waals surface area contributed by atoms with E-state index in [2.05, 4.69) is 15.5 Å². The van der Waals surface area contributed by atoms with Crippen LogP contribution in [0.15, 0.2) is 46.1 Å². The van der Waals surface area contributed by atoms with Crippen molar-refractivity contribution >= 4 is 33.2 Å². The van der Waals surface area contributed by atoms with Gasteiger partial charge in [-0.05, 0) is 56.0 Å². The van der Waals surface area contributed by atoms with E-state index in [9.17, 15) is 18.0 Å². The number of carbonyl (C=O) groups is 1. The molecule has 1 unspecified atom stereocenters. The van der Waals surface area contributed by atoms with Gasteiger partial charge in [-0.2, -0.15) is 5.10 Å². The Labute approximate surface area is 173 Å². The second kappa shape index (κ2) is 7.46. The first-order valence-corrected chi connectivity index (χ1v) is 11.3. The zero-order valence-corrected chi connectivity index (χ0v) is 17.2. The number of aromatic nitrogens is 2. The molecule has 0 bridgehead atoms. The van der Waals surface area contributed by atoms with Crippen LogP contribution in [-0.4, -0.2) is 48.4 Å². The highest BCUT2D eigenvalue weighted by atomic mass is 35.5. The maximum absolute atomic E-state index is 13.1. The quantitative estimate of drug-likeness (QED) is 0.734. The van der Waals surface area contributed by atoms with E-state index in [0.717, 1.165) is 19.4 Å². The number of hydrogen-bond acceptors (Lipinski definition) is 6. The van der Waals surface area contributed by atoms with Gasteiger partial charge in [0, 0.05) is 30.2 Å². The van der Waals surface area contributed by atoms with E-state index in [1.165, 1.54) is 30.3 Å². The molecule has 1 saturated carbocycles. The zero-order chi connectivity index (χ0) is 20.6. The summed E-state index contributed by atoms with van der Waals surface area (Å²) in [5.74, 6) is 0.173. The molecule has 1 aliphatic heterocycles. The average Bonchev–Trinajstić information content (AvgIpc) is 3.52. The number of nitrogens with one attached hydrogen (secondary N) is 2. The smallest absolute Gasteiger partial charge is 0.264 e. The molecule has 0 radical (unpaired) electrons. The van der Waals surface area contributed by atoms with Crippen molar-refractivity contribution in [2.75, 3.05) is 18.0 Å². The van der Waals surface area contributed by atoms with E-state index >= 15 is 0 Å². The van der Waals surface area contributed by atoms with Crippen LogP contribution in [0.4, 0.5) is 5.82 Å². The molecule has 2 fully saturated rings. The van der Waals surface area contributed by atoms with Crippen LogP contribution in [-0.2, 0) is 14.6 Å². The van der Waals surface area contributed by atoms with Crippen molar-refractivity contribution in [1.29, 1.82) is 0 Å². The van der Waals surface area contributed by atoms with Crippen LogP contribution in [0.25, 0.3) is 0 Å². The van der Waals surface area contributed by atoms with E-state index in [1.54, 1.807) is 6.07 Å². The van der Waals surface area contributed by atoms with Crippen molar-refractivity contribution in [1.82, 2.24) is 15.5 Å². The first-order chi connectivity index (χ1) is 13.8. The summed E-state index contributed by atoms with van der Waals surface area (Å²) in [5, 5.41) is 9.81. The Morgan fingerprint density at radius 3 is 2.55 bits per heavy atom. The van der Waals surface area contributed by atoms with Gasteiger partial charge in [0.2, 0.25) is 5.91 Å². The number of benzene rings is 1. The molecule has 2 heterocycles. The van der Waals surface area contributed by atoms with E-state index in [-0.39, 0.29) is 16.5 Å². The van der Waals surface area contributed by atoms with Gasteiger partial charge in [0.1, 0.15) is 5.82 Å². The Bertz CT molecular complexity index is 1060. The van der Waals surface area contributed by atoms with Gasteiger partial charge in [-0.1, -0.05) is 11.6 Å². The molecule has 0 spiro atoms. The molecule has 4 rings (SSSR count). The molecule has 1 aromatic heterocycles. The van der Waals surface area contributed by atoms with Crippen LogP contribution in [0.2, 0.25) is 5.02 Å². The van der Waals surface area contributed by atoms with Gasteiger partial charge < -0.3 is 10.2 Å². The summed E-state index contributed by atoms with van der Waals surface area (Å²) in [7, 11) is -3.80. The van der Waals surface area contributed by atoms with Crippen LogP contribution < -0.4 is 15.8 Å². The standard InChI is InChI=1S/C19H21ClN4O4S/c20-13-3-5-15(6-4-13)29(27,28)19(9-10-19)18(26)21-14-2-1-11-24(12-14)16-7-8-17(25)23-22-16/h3-8,14H,1-2,9-12H2,(H,21,26)(H,23,25). The van der Waals surface area contributed by atoms with E-state index in [1.807, 2.05) is 4.90 Å². The summed E-state index contributed by atoms with van der Waals surface area (Å²) in [5.41, 5.74) is -0.279. The minimum atomic E-state index is -3.80. The number of sulfone groups is 1. The van der Waals surface area contributed by atoms with Gasteiger partial charge in [0.15, 0.2) is 14.6 Å². The molecule has 10 heteroatoms. The van der Waals surface area contributed by atoms with Crippen LogP contribution >= 0.6 is 11.6 Å². The maximum atomic E-state index is 13.1. The number of nitrogens with zero attached hydrogens (tertiary/aromatic N) is 2. The molecule has 1 aromatic carbocycles. The zero-order valence-electron chi connectivity index (χ0n) is 15.6. The summed E-state index contributed by atoms with van der Waals surface area (Å²) in [6, 6.07) is 8.75. The van der Waals surface area contributed by atoms with E-state index < -0.39 is 20.5 Å². The van der Waals surface area contributed by atoms with E-state index in [4.69, 9.17) is 11.6 Å². The fourth-order valence-corrected chi connectivity index (χ4v) is 5.72. The number of carbonyl (C=O) groups excluding carboxylic acids is 1. The van der Waals surface area contributed by atoms with Crippen molar-refractivity contribution in [3.63, 3.8) is 0 Å². The Hall–Kier alpha value is -2.39. The third kappa shape index (κ3) is 3.76. The second-order valence-electron chi connectivity index (χ2n) is 7.49. The SMILES string of the molecule is O=C(NC1CCCN(c2ccc(=O)[nH]n2)C1)C1(S(=O)(=O)c2ccc(Cl)cc2)CC1. The molecule has 1 saturated heterocycles. The number of anilines is 1. The highest BCUT2D eigenvalue weighted by Gasteiger charge is 2.61. The normalized spacial score (nSPS) is 20.9. The molecule has 1 aliphatic carbocycles. The largest absolute Gasteiger partial charge is 0.353 e. The van der Waals surface area contributed by atoms with Gasteiger partial charge >= 0.3 is 0 Å². The van der Waals surface area contributed by atoms with Crippen LogP contribution in [0.1, 0.15) is 25.7 Å². The van der Waals surface area contributed by atoms with Crippen molar-refractivity contribution in [2.24, 2.45) is 0 Å². The lowest BCUT2D eigenvalue weighted by Crippen LogP contribution is -2.52. The summed E-state index contributed by atoms with van der Waals surface area (Å²) in [6.45, 7) is 1.25. The third-order valence-electron chi connectivity index (χ3n) is 5.50. The summed E-state index contributed by atoms with van der Waals surface area (Å²) >= 11 is 5.85. The summed E-state index contributed by atoms with van der Waals surface area (Å²) in [4.78, 5) is 26.3. The topological polar surface area (TPSA) is 112 Å². The number of amides is 1. The molecule has 1 amide bonds. The number of H-pyrrole nitrogens is 1. The first kappa shape index (κ1) is 19.9. The molecule has 2 aromatic rings. The van der Waals surface area contributed by atoms with Crippen LogP contribution in [0, 0.1) is 0 Å². The number of aromatic amines is 1.